The van der Waals surface area contributed by atoms with Gasteiger partial charge in [0.05, 0.1) is 0 Å². The van der Waals surface area contributed by atoms with Crippen molar-refractivity contribution in [1.82, 2.24) is 0 Å². The number of rotatable bonds is 4. The summed E-state index contributed by atoms with van der Waals surface area (Å²) in [5.74, 6) is 1.21. The Morgan fingerprint density at radius 3 is 1.29 bits per heavy atom. The molecule has 0 atom stereocenters. The summed E-state index contributed by atoms with van der Waals surface area (Å²) in [4.78, 5) is 0. The van der Waals surface area contributed by atoms with Crippen LogP contribution in [0.2, 0.25) is 0 Å². The number of allylic oxidation sites excluding steroid dienone is 4. The minimum absolute atomic E-state index is 0. The van der Waals surface area contributed by atoms with Crippen LogP contribution in [0, 0.1) is 6.08 Å². The second kappa shape index (κ2) is 18.0. The summed E-state index contributed by atoms with van der Waals surface area (Å²) in [6.45, 7) is 22.6. The maximum atomic E-state index is 2.99. The predicted octanol–water partition coefficient (Wildman–Crippen LogP) is 6.67. The third-order valence-electron chi connectivity index (χ3n) is 8.76. The Kier molecular flexibility index (Phi) is 15.6. The fraction of sp³-hybridized carbons (Fsp3) is 0.333. The molecule has 0 nitrogen and oxygen atoms in total. The van der Waals surface area contributed by atoms with Gasteiger partial charge in [-0.15, -0.1) is 46.2 Å². The van der Waals surface area contributed by atoms with Crippen molar-refractivity contribution >= 4 is 24.8 Å². The van der Waals surface area contributed by atoms with Crippen molar-refractivity contribution in [2.45, 2.75) is 98.3 Å². The van der Waals surface area contributed by atoms with Crippen LogP contribution in [0.15, 0.2) is 109 Å². The molecule has 0 N–H and O–H groups in total. The summed E-state index contributed by atoms with van der Waals surface area (Å²) in [6.07, 6.45) is 10.0. The average molecular weight is 842 g/mol. The van der Waals surface area contributed by atoms with Crippen LogP contribution >= 0.6 is 0 Å². The maximum absolute atomic E-state index is 2.99. The molecule has 0 fully saturated rings. The van der Waals surface area contributed by atoms with E-state index in [0.717, 1.165) is 30.3 Å². The summed E-state index contributed by atoms with van der Waals surface area (Å²) in [5.41, 5.74) is 8.78. The summed E-state index contributed by atoms with van der Waals surface area (Å²) in [6, 6.07) is 34.3. The molecule has 0 bridgehead atoms. The van der Waals surface area contributed by atoms with Crippen molar-refractivity contribution in [3.8, 4) is 0 Å². The summed E-state index contributed by atoms with van der Waals surface area (Å²) < 4.78 is 1.48. The van der Waals surface area contributed by atoms with Gasteiger partial charge in [-0.1, -0.05) is 76.9 Å². The van der Waals surface area contributed by atoms with E-state index in [0.29, 0.717) is 11.8 Å². The molecular formula is C45H52Cl2Hf-2. The second-order valence-corrected chi connectivity index (χ2v) is 17.0. The molecule has 1 aliphatic rings. The molecular weight excluding hydrogens is 790 g/mol. The molecule has 0 heterocycles. The van der Waals surface area contributed by atoms with Crippen LogP contribution in [0.4, 0.5) is 0 Å². The van der Waals surface area contributed by atoms with Crippen LogP contribution in [0.5, 0.6) is 0 Å². The van der Waals surface area contributed by atoms with Gasteiger partial charge < -0.3 is 24.8 Å². The van der Waals surface area contributed by atoms with Crippen LogP contribution in [0.1, 0.15) is 121 Å². The molecule has 1 aliphatic carbocycles. The minimum atomic E-state index is 0. The Balaban J connectivity index is 0.000000281. The first kappa shape index (κ1) is 41.7. The fourth-order valence-electron chi connectivity index (χ4n) is 5.51. The average Bonchev–Trinajstić information content (AvgIpc) is 3.72. The molecule has 5 aromatic carbocycles. The molecule has 0 unspecified atom stereocenters. The summed E-state index contributed by atoms with van der Waals surface area (Å²) >= 11 is 1.07. The van der Waals surface area contributed by atoms with Gasteiger partial charge in [-0.2, -0.15) is 6.08 Å². The molecule has 48 heavy (non-hydrogen) atoms. The summed E-state index contributed by atoms with van der Waals surface area (Å²) in [5, 5.41) is 5.49. The molecule has 0 spiro atoms. The van der Waals surface area contributed by atoms with E-state index >= 15 is 0 Å². The molecule has 5 aromatic rings. The van der Waals surface area contributed by atoms with E-state index in [9.17, 15) is 0 Å². The third kappa shape index (κ3) is 11.0. The fourth-order valence-corrected chi connectivity index (χ4v) is 6.71. The zero-order valence-corrected chi connectivity index (χ0v) is 35.6. The number of hydrogen-bond acceptors (Lipinski definition) is 0. The van der Waals surface area contributed by atoms with E-state index in [1.54, 1.807) is 0 Å². The van der Waals surface area contributed by atoms with E-state index in [1.807, 2.05) is 12.2 Å². The first-order chi connectivity index (χ1) is 21.6. The largest absolute Gasteiger partial charge is 1.00 e. The van der Waals surface area contributed by atoms with Gasteiger partial charge in [-0.05, 0) is 10.8 Å². The van der Waals surface area contributed by atoms with Gasteiger partial charge in [-0.25, -0.2) is 12.2 Å². The molecule has 252 valence electrons. The Hall–Kier alpha value is -2.45. The molecule has 3 heteroatoms. The molecule has 0 saturated heterocycles. The van der Waals surface area contributed by atoms with Gasteiger partial charge in [-0.3, -0.25) is 6.08 Å². The van der Waals surface area contributed by atoms with Crippen molar-refractivity contribution in [3.63, 3.8) is 0 Å². The van der Waals surface area contributed by atoms with Crippen LogP contribution < -0.4 is 24.8 Å². The van der Waals surface area contributed by atoms with Crippen LogP contribution in [0.25, 0.3) is 21.5 Å². The van der Waals surface area contributed by atoms with Gasteiger partial charge in [0.15, 0.2) is 0 Å². The van der Waals surface area contributed by atoms with Crippen molar-refractivity contribution in [3.05, 3.63) is 149 Å². The zero-order chi connectivity index (χ0) is 33.6. The molecule has 0 amide bonds. The quantitative estimate of drug-likeness (QED) is 0.140. The molecule has 6 rings (SSSR count). The monoisotopic (exact) mass is 842 g/mol. The van der Waals surface area contributed by atoms with Gasteiger partial charge >= 0.3 is 137 Å². The third-order valence-corrected chi connectivity index (χ3v) is 10.8. The van der Waals surface area contributed by atoms with Gasteiger partial charge in [0.1, 0.15) is 0 Å². The molecule has 0 saturated carbocycles. The minimum Gasteiger partial charge on any atom is -1.00 e. The SMILES string of the molecule is CC(C)(C)c1ccc2[cH-]c3ccc(C(C)(C)C)cc3c2c1.CC(C)c1ccc([C](=[Hf+2])c2ccc(C(C)C)cc2)cc1.[C-]1=CC=CC1.[Cl-].[Cl-]. The van der Waals surface area contributed by atoms with Crippen molar-refractivity contribution in [1.29, 1.82) is 0 Å². The van der Waals surface area contributed by atoms with E-state index in [4.69, 9.17) is 0 Å². The van der Waals surface area contributed by atoms with Gasteiger partial charge in [0.2, 0.25) is 0 Å². The van der Waals surface area contributed by atoms with E-state index in [2.05, 4.69) is 172 Å². The van der Waals surface area contributed by atoms with Crippen LogP contribution in [0.3, 0.4) is 0 Å². The Labute approximate surface area is 318 Å². The first-order valence-electron chi connectivity index (χ1n) is 16.8. The standard InChI is InChI=1S/C21H25.C19H22.C5H5.2ClH.Hf/c1-20(2,3)16-9-7-14-11-15-8-10-17(21(4,5)6)13-19(15)18(14)12-16;1-14(2)18-9-5-16(6-10-18)13-17-7-11-19(12-8-17)15(3)4;1-2-4-5-3-1;;;/h7-13H,1-6H3;5-12,14-15H,1-4H3;1-3H,4H2;2*1H;/q-1;;-1;;;+2/p-2. The smallest absolute Gasteiger partial charge is 0.109 e. The molecule has 0 radical (unpaired) electrons. The Morgan fingerprint density at radius 1 is 0.625 bits per heavy atom. The number of benzene rings is 4. The van der Waals surface area contributed by atoms with Crippen molar-refractivity contribution in [2.24, 2.45) is 0 Å². The molecule has 0 aliphatic heterocycles. The van der Waals surface area contributed by atoms with Gasteiger partial charge in [0, 0.05) is 0 Å². The van der Waals surface area contributed by atoms with Crippen LogP contribution in [-0.4, -0.2) is 3.26 Å². The Bertz CT molecular complexity index is 1690. The number of fused-ring (bicyclic) bond motifs is 3. The van der Waals surface area contributed by atoms with E-state index in [-0.39, 0.29) is 35.6 Å². The second-order valence-electron chi connectivity index (χ2n) is 15.2. The van der Waals surface area contributed by atoms with Gasteiger partial charge in [0.25, 0.3) is 0 Å². The van der Waals surface area contributed by atoms with Crippen LogP contribution in [-0.2, 0) is 34.7 Å². The topological polar surface area (TPSA) is 0 Å². The predicted molar refractivity (Wildman–Crippen MR) is 200 cm³/mol. The van der Waals surface area contributed by atoms with E-state index in [1.165, 1.54) is 58.2 Å². The summed E-state index contributed by atoms with van der Waals surface area (Å²) in [7, 11) is 0. The Morgan fingerprint density at radius 2 is 1.02 bits per heavy atom. The van der Waals surface area contributed by atoms with E-state index < -0.39 is 0 Å². The van der Waals surface area contributed by atoms with Crippen molar-refractivity contribution in [2.75, 3.05) is 0 Å². The normalized spacial score (nSPS) is 12.3. The zero-order valence-electron chi connectivity index (χ0n) is 30.5. The number of halogens is 2. The first-order valence-corrected chi connectivity index (χ1v) is 18.6. The maximum Gasteiger partial charge on any atom is -0.109 e. The number of hydrogen-bond donors (Lipinski definition) is 0. The van der Waals surface area contributed by atoms with Crippen molar-refractivity contribution < 1.29 is 48.7 Å². The molecule has 0 aromatic heterocycles.